The van der Waals surface area contributed by atoms with Gasteiger partial charge < -0.3 is 5.32 Å². The lowest BCUT2D eigenvalue weighted by Gasteiger charge is -2.17. The number of hydrogen-bond acceptors (Lipinski definition) is 3. The molecular formula is C17H16ClF3N2O3S. The third kappa shape index (κ3) is 5.44. The second-order valence-corrected chi connectivity index (χ2v) is 7.98. The summed E-state index contributed by atoms with van der Waals surface area (Å²) in [5, 5.41) is 1.94. The Balaban J connectivity index is 2.18. The van der Waals surface area contributed by atoms with Crippen molar-refractivity contribution in [3.63, 3.8) is 0 Å². The van der Waals surface area contributed by atoms with E-state index in [2.05, 4.69) is 10.0 Å². The Hall–Kier alpha value is -2.10. The van der Waals surface area contributed by atoms with Crippen molar-refractivity contribution in [1.82, 2.24) is 4.72 Å². The summed E-state index contributed by atoms with van der Waals surface area (Å²) in [4.78, 5) is 12.1. The zero-order valence-corrected chi connectivity index (χ0v) is 15.8. The SMILES string of the molecule is Cc1ccc(S(=O)(=O)N[C@H](C)C(=O)Nc2ccc(Cl)cc2C(F)(F)F)cc1. The van der Waals surface area contributed by atoms with E-state index in [1.54, 1.807) is 19.1 Å². The number of carbonyl (C=O) groups excluding carboxylic acids is 1. The highest BCUT2D eigenvalue weighted by Gasteiger charge is 2.34. The van der Waals surface area contributed by atoms with Crippen molar-refractivity contribution in [1.29, 1.82) is 0 Å². The largest absolute Gasteiger partial charge is 0.418 e. The van der Waals surface area contributed by atoms with Crippen LogP contribution in [0.25, 0.3) is 0 Å². The standard InChI is InChI=1S/C17H16ClF3N2O3S/c1-10-3-6-13(7-4-10)27(25,26)23-11(2)16(24)22-15-8-5-12(18)9-14(15)17(19,20)21/h3-9,11,23H,1-2H3,(H,22,24)/t11-/m1/s1. The quantitative estimate of drug-likeness (QED) is 0.768. The topological polar surface area (TPSA) is 75.3 Å². The van der Waals surface area contributed by atoms with Gasteiger partial charge in [-0.25, -0.2) is 8.42 Å². The number of aryl methyl sites for hydroxylation is 1. The average Bonchev–Trinajstić information content (AvgIpc) is 2.55. The van der Waals surface area contributed by atoms with Crippen LogP contribution in [0, 0.1) is 6.92 Å². The molecule has 27 heavy (non-hydrogen) atoms. The Morgan fingerprint density at radius 1 is 1.11 bits per heavy atom. The second-order valence-electron chi connectivity index (χ2n) is 5.83. The summed E-state index contributed by atoms with van der Waals surface area (Å²) in [5.41, 5.74) is -0.794. The highest BCUT2D eigenvalue weighted by Crippen LogP contribution is 2.36. The minimum Gasteiger partial charge on any atom is -0.324 e. The van der Waals surface area contributed by atoms with E-state index in [1.165, 1.54) is 25.1 Å². The number of halogens is 4. The predicted molar refractivity (Wildman–Crippen MR) is 96.0 cm³/mol. The fourth-order valence-corrected chi connectivity index (χ4v) is 3.55. The van der Waals surface area contributed by atoms with Crippen LogP contribution in [-0.2, 0) is 21.0 Å². The van der Waals surface area contributed by atoms with E-state index in [-0.39, 0.29) is 9.92 Å². The molecule has 0 radical (unpaired) electrons. The molecule has 2 aromatic rings. The number of sulfonamides is 1. The molecule has 0 fully saturated rings. The molecule has 5 nitrogen and oxygen atoms in total. The number of rotatable bonds is 5. The highest BCUT2D eigenvalue weighted by molar-refractivity contribution is 7.89. The molecule has 0 aromatic heterocycles. The van der Waals surface area contributed by atoms with Crippen molar-refractivity contribution in [3.05, 3.63) is 58.6 Å². The molecule has 10 heteroatoms. The first-order chi connectivity index (χ1) is 12.4. The van der Waals surface area contributed by atoms with Crippen LogP contribution in [0.2, 0.25) is 5.02 Å². The van der Waals surface area contributed by atoms with Gasteiger partial charge in [-0.3, -0.25) is 4.79 Å². The number of amides is 1. The lowest BCUT2D eigenvalue weighted by atomic mass is 10.1. The number of hydrogen-bond donors (Lipinski definition) is 2. The summed E-state index contributed by atoms with van der Waals surface area (Å²) in [7, 11) is -4.01. The van der Waals surface area contributed by atoms with Gasteiger partial charge in [-0.1, -0.05) is 29.3 Å². The van der Waals surface area contributed by atoms with Crippen molar-refractivity contribution in [2.75, 3.05) is 5.32 Å². The van der Waals surface area contributed by atoms with E-state index in [1.807, 2.05) is 0 Å². The summed E-state index contributed by atoms with van der Waals surface area (Å²) in [6, 6.07) is 7.46. The molecule has 0 heterocycles. The minimum absolute atomic E-state index is 0.0600. The first-order valence-corrected chi connectivity index (χ1v) is 9.53. The lowest BCUT2D eigenvalue weighted by Crippen LogP contribution is -2.41. The smallest absolute Gasteiger partial charge is 0.324 e. The summed E-state index contributed by atoms with van der Waals surface area (Å²) in [5.74, 6) is -0.946. The number of alkyl halides is 3. The molecule has 1 amide bonds. The van der Waals surface area contributed by atoms with Crippen LogP contribution in [0.3, 0.4) is 0 Å². The molecule has 0 saturated heterocycles. The Morgan fingerprint density at radius 2 is 1.70 bits per heavy atom. The summed E-state index contributed by atoms with van der Waals surface area (Å²) >= 11 is 5.58. The van der Waals surface area contributed by atoms with Crippen molar-refractivity contribution < 1.29 is 26.4 Å². The van der Waals surface area contributed by atoms with Crippen LogP contribution in [0.15, 0.2) is 47.4 Å². The van der Waals surface area contributed by atoms with Crippen LogP contribution in [0.1, 0.15) is 18.1 Å². The van der Waals surface area contributed by atoms with Crippen LogP contribution in [0.4, 0.5) is 18.9 Å². The molecule has 0 bridgehead atoms. The average molecular weight is 421 g/mol. The van der Waals surface area contributed by atoms with Crippen LogP contribution < -0.4 is 10.0 Å². The Bertz CT molecular complexity index is 945. The van der Waals surface area contributed by atoms with E-state index < -0.39 is 39.4 Å². The predicted octanol–water partition coefficient (Wildman–Crippen LogP) is 3.97. The van der Waals surface area contributed by atoms with E-state index in [9.17, 15) is 26.4 Å². The maximum Gasteiger partial charge on any atom is 0.418 e. The minimum atomic E-state index is -4.74. The Morgan fingerprint density at radius 3 is 2.26 bits per heavy atom. The van der Waals surface area contributed by atoms with Crippen LogP contribution >= 0.6 is 11.6 Å². The van der Waals surface area contributed by atoms with Crippen molar-refractivity contribution in [2.24, 2.45) is 0 Å². The van der Waals surface area contributed by atoms with E-state index in [0.29, 0.717) is 6.07 Å². The molecular weight excluding hydrogens is 405 g/mol. The number of nitrogens with one attached hydrogen (secondary N) is 2. The van der Waals surface area contributed by atoms with Gasteiger partial charge in [0.15, 0.2) is 0 Å². The summed E-state index contributed by atoms with van der Waals surface area (Å²) in [6.07, 6.45) is -4.74. The van der Waals surface area contributed by atoms with E-state index in [4.69, 9.17) is 11.6 Å². The van der Waals surface area contributed by atoms with Crippen molar-refractivity contribution in [3.8, 4) is 0 Å². The van der Waals surface area contributed by atoms with Crippen molar-refractivity contribution in [2.45, 2.75) is 31.0 Å². The summed E-state index contributed by atoms with van der Waals surface area (Å²) in [6.45, 7) is 3.01. The zero-order valence-electron chi connectivity index (χ0n) is 14.3. The van der Waals surface area contributed by atoms with Gasteiger partial charge in [0.1, 0.15) is 0 Å². The molecule has 1 atom stereocenters. The number of benzene rings is 2. The zero-order chi connectivity index (χ0) is 20.4. The molecule has 2 rings (SSSR count). The van der Waals surface area contributed by atoms with Gasteiger partial charge in [-0.2, -0.15) is 17.9 Å². The van der Waals surface area contributed by atoms with Gasteiger partial charge in [-0.15, -0.1) is 0 Å². The third-order valence-corrected chi connectivity index (χ3v) is 5.39. The van der Waals surface area contributed by atoms with Gasteiger partial charge >= 0.3 is 6.18 Å². The molecule has 0 saturated carbocycles. The van der Waals surface area contributed by atoms with Crippen molar-refractivity contribution >= 4 is 33.2 Å². The van der Waals surface area contributed by atoms with Gasteiger partial charge in [-0.05, 0) is 44.2 Å². The third-order valence-electron chi connectivity index (χ3n) is 3.60. The first kappa shape index (κ1) is 21.2. The normalized spacial score (nSPS) is 13.3. The number of anilines is 1. The highest BCUT2D eigenvalue weighted by atomic mass is 35.5. The maximum atomic E-state index is 13.1. The van der Waals surface area contributed by atoms with Gasteiger partial charge in [0.2, 0.25) is 15.9 Å². The Kier molecular flexibility index (Phi) is 6.18. The second kappa shape index (κ2) is 7.87. The van der Waals surface area contributed by atoms with Gasteiger partial charge in [0.25, 0.3) is 0 Å². The molecule has 0 aliphatic rings. The monoisotopic (exact) mass is 420 g/mol. The van der Waals surface area contributed by atoms with Gasteiger partial charge in [0, 0.05) is 5.02 Å². The van der Waals surface area contributed by atoms with E-state index >= 15 is 0 Å². The van der Waals surface area contributed by atoms with Crippen LogP contribution in [-0.4, -0.2) is 20.4 Å². The van der Waals surface area contributed by atoms with E-state index in [0.717, 1.165) is 11.6 Å². The van der Waals surface area contributed by atoms with Crippen LogP contribution in [0.5, 0.6) is 0 Å². The number of carbonyl (C=O) groups is 1. The molecule has 0 unspecified atom stereocenters. The lowest BCUT2D eigenvalue weighted by molar-refractivity contribution is -0.137. The molecule has 0 aliphatic carbocycles. The fraction of sp³-hybridized carbons (Fsp3) is 0.235. The molecule has 0 spiro atoms. The maximum absolute atomic E-state index is 13.1. The first-order valence-electron chi connectivity index (χ1n) is 7.67. The molecule has 146 valence electrons. The Labute approximate surface area is 159 Å². The molecule has 2 aromatic carbocycles. The molecule has 2 N–H and O–H groups in total. The molecule has 0 aliphatic heterocycles. The van der Waals surface area contributed by atoms with Gasteiger partial charge in [0.05, 0.1) is 22.2 Å². The summed E-state index contributed by atoms with van der Waals surface area (Å²) < 4.78 is 66.0. The fourth-order valence-electron chi connectivity index (χ4n) is 2.17.